The van der Waals surface area contributed by atoms with Crippen molar-refractivity contribution in [1.82, 2.24) is 0 Å². The molecule has 1 aromatic carbocycles. The fraction of sp³-hybridized carbons (Fsp3) is 0.455. The van der Waals surface area contributed by atoms with Crippen LogP contribution in [0.3, 0.4) is 0 Å². The fourth-order valence-corrected chi connectivity index (χ4v) is 2.06. The molecule has 3 nitrogen and oxygen atoms in total. The molecule has 0 spiro atoms. The number of phenols is 1. The van der Waals surface area contributed by atoms with Gasteiger partial charge in [0.25, 0.3) is 0 Å². The quantitative estimate of drug-likeness (QED) is 0.803. The summed E-state index contributed by atoms with van der Waals surface area (Å²) in [6.07, 6.45) is 1.52. The van der Waals surface area contributed by atoms with Crippen molar-refractivity contribution in [3.05, 3.63) is 28.2 Å². The first-order valence-electron chi connectivity index (χ1n) is 5.01. The van der Waals surface area contributed by atoms with Crippen molar-refractivity contribution >= 4 is 28.3 Å². The summed E-state index contributed by atoms with van der Waals surface area (Å²) in [5.41, 5.74) is 6.51. The summed E-state index contributed by atoms with van der Waals surface area (Å²) in [4.78, 5) is 0. The number of phenolic OH excluding ortho intramolecular Hbond substituents is 1. The van der Waals surface area contributed by atoms with Crippen LogP contribution in [-0.2, 0) is 0 Å². The molecule has 1 aliphatic carbocycles. The zero-order chi connectivity index (χ0) is 11.0. The third-order valence-electron chi connectivity index (χ3n) is 2.82. The second-order valence-electron chi connectivity index (χ2n) is 4.06. The van der Waals surface area contributed by atoms with Crippen molar-refractivity contribution in [2.45, 2.75) is 25.0 Å². The maximum Gasteiger partial charge on any atom is 0.121 e. The van der Waals surface area contributed by atoms with Gasteiger partial charge in [0.05, 0.1) is 12.1 Å². The molecule has 5 heteroatoms. The average Bonchev–Trinajstić information content (AvgIpc) is 2.99. The van der Waals surface area contributed by atoms with Gasteiger partial charge >= 0.3 is 0 Å². The van der Waals surface area contributed by atoms with Crippen molar-refractivity contribution in [1.29, 1.82) is 0 Å². The number of hydrogen-bond donors (Lipinski definition) is 3. The summed E-state index contributed by atoms with van der Waals surface area (Å²) in [6, 6.07) is 4.66. The van der Waals surface area contributed by atoms with Gasteiger partial charge in [-0.15, -0.1) is 12.4 Å². The smallest absolute Gasteiger partial charge is 0.121 e. The number of aromatic hydroxyl groups is 1. The lowest BCUT2D eigenvalue weighted by Crippen LogP contribution is -2.27. The molecule has 2 atom stereocenters. The van der Waals surface area contributed by atoms with Crippen molar-refractivity contribution in [3.63, 3.8) is 0 Å². The SMILES string of the molecule is Cl.N[C@H](c1ccc(Br)cc1O)[C@@H](O)C1CC1. The molecule has 1 saturated carbocycles. The van der Waals surface area contributed by atoms with E-state index < -0.39 is 12.1 Å². The Morgan fingerprint density at radius 3 is 2.50 bits per heavy atom. The molecule has 1 fully saturated rings. The lowest BCUT2D eigenvalue weighted by Gasteiger charge is -2.19. The maximum atomic E-state index is 9.86. The Morgan fingerprint density at radius 2 is 2.00 bits per heavy atom. The summed E-state index contributed by atoms with van der Waals surface area (Å²) in [7, 11) is 0. The van der Waals surface area contributed by atoms with Gasteiger partial charge in [0, 0.05) is 10.0 Å². The molecular weight excluding hydrogens is 293 g/mol. The van der Waals surface area contributed by atoms with E-state index in [0.29, 0.717) is 11.5 Å². The maximum absolute atomic E-state index is 9.86. The number of nitrogens with two attached hydrogens (primary N) is 1. The fourth-order valence-electron chi connectivity index (χ4n) is 1.71. The Kier molecular flexibility index (Phi) is 4.62. The van der Waals surface area contributed by atoms with Crippen molar-refractivity contribution in [2.75, 3.05) is 0 Å². The highest BCUT2D eigenvalue weighted by Gasteiger charge is 2.35. The highest BCUT2D eigenvalue weighted by Crippen LogP contribution is 2.39. The van der Waals surface area contributed by atoms with Crippen LogP contribution < -0.4 is 5.73 Å². The topological polar surface area (TPSA) is 66.5 Å². The van der Waals surface area contributed by atoms with Gasteiger partial charge in [0.15, 0.2) is 0 Å². The Hall–Kier alpha value is -0.290. The molecule has 0 radical (unpaired) electrons. The molecule has 0 aliphatic heterocycles. The number of aliphatic hydroxyl groups excluding tert-OH is 1. The molecule has 4 N–H and O–H groups in total. The highest BCUT2D eigenvalue weighted by molar-refractivity contribution is 9.10. The largest absolute Gasteiger partial charge is 0.508 e. The van der Waals surface area contributed by atoms with Gasteiger partial charge in [0.2, 0.25) is 0 Å². The Morgan fingerprint density at radius 1 is 1.38 bits per heavy atom. The predicted molar refractivity (Wildman–Crippen MR) is 68.7 cm³/mol. The number of halogens is 2. The summed E-state index contributed by atoms with van der Waals surface area (Å²) in [5.74, 6) is 0.444. The molecule has 0 bridgehead atoms. The second kappa shape index (κ2) is 5.36. The molecule has 0 heterocycles. The van der Waals surface area contributed by atoms with Gasteiger partial charge < -0.3 is 15.9 Å². The normalized spacial score (nSPS) is 18.7. The first-order chi connectivity index (χ1) is 7.09. The van der Waals surface area contributed by atoms with Gasteiger partial charge in [-0.2, -0.15) is 0 Å². The van der Waals surface area contributed by atoms with Crippen LogP contribution in [-0.4, -0.2) is 16.3 Å². The molecule has 0 unspecified atom stereocenters. The molecule has 0 aromatic heterocycles. The minimum absolute atomic E-state index is 0. The van der Waals surface area contributed by atoms with Gasteiger partial charge in [-0.3, -0.25) is 0 Å². The lowest BCUT2D eigenvalue weighted by molar-refractivity contribution is 0.121. The molecule has 0 amide bonds. The van der Waals surface area contributed by atoms with Gasteiger partial charge in [-0.25, -0.2) is 0 Å². The van der Waals surface area contributed by atoms with E-state index in [-0.39, 0.29) is 18.2 Å². The first-order valence-corrected chi connectivity index (χ1v) is 5.81. The van der Waals surface area contributed by atoms with Crippen LogP contribution in [0.5, 0.6) is 5.75 Å². The van der Waals surface area contributed by atoms with E-state index >= 15 is 0 Å². The van der Waals surface area contributed by atoms with E-state index in [1.54, 1.807) is 12.1 Å². The molecule has 2 rings (SSSR count). The minimum Gasteiger partial charge on any atom is -0.508 e. The Bertz CT molecular complexity index is 371. The van der Waals surface area contributed by atoms with E-state index in [4.69, 9.17) is 5.73 Å². The molecule has 0 saturated heterocycles. The molecule has 1 aromatic rings. The average molecular weight is 309 g/mol. The van der Waals surface area contributed by atoms with Crippen molar-refractivity contribution < 1.29 is 10.2 Å². The van der Waals surface area contributed by atoms with Crippen LogP contribution >= 0.6 is 28.3 Å². The van der Waals surface area contributed by atoms with E-state index in [1.807, 2.05) is 6.07 Å². The van der Waals surface area contributed by atoms with Crippen LogP contribution in [0.4, 0.5) is 0 Å². The van der Waals surface area contributed by atoms with Crippen LogP contribution in [0.15, 0.2) is 22.7 Å². The monoisotopic (exact) mass is 307 g/mol. The summed E-state index contributed by atoms with van der Waals surface area (Å²) in [5, 5.41) is 19.5. The number of aliphatic hydroxyl groups is 1. The van der Waals surface area contributed by atoms with Crippen molar-refractivity contribution in [2.24, 2.45) is 11.7 Å². The third-order valence-corrected chi connectivity index (χ3v) is 3.32. The van der Waals surface area contributed by atoms with Crippen LogP contribution in [0.25, 0.3) is 0 Å². The zero-order valence-electron chi connectivity index (χ0n) is 8.64. The van der Waals surface area contributed by atoms with Gasteiger partial charge in [0.1, 0.15) is 5.75 Å². The molecule has 90 valence electrons. The van der Waals surface area contributed by atoms with E-state index in [9.17, 15) is 10.2 Å². The summed E-state index contributed by atoms with van der Waals surface area (Å²) >= 11 is 3.26. The standard InChI is InChI=1S/C11H14BrNO2.ClH/c12-7-3-4-8(9(14)5-7)10(13)11(15)6-1-2-6;/h3-6,10-11,14-15H,1-2,13H2;1H/t10-,11+;/m1./s1. The Labute approximate surface area is 109 Å². The van der Waals surface area contributed by atoms with Gasteiger partial charge in [-0.1, -0.05) is 22.0 Å². The molecule has 16 heavy (non-hydrogen) atoms. The number of rotatable bonds is 3. The summed E-state index contributed by atoms with van der Waals surface area (Å²) in [6.45, 7) is 0. The van der Waals surface area contributed by atoms with Crippen molar-refractivity contribution in [3.8, 4) is 5.75 Å². The first kappa shape index (κ1) is 13.8. The van der Waals surface area contributed by atoms with Crippen LogP contribution in [0, 0.1) is 5.92 Å². The second-order valence-corrected chi connectivity index (χ2v) is 4.97. The van der Waals surface area contributed by atoms with E-state index in [2.05, 4.69) is 15.9 Å². The zero-order valence-corrected chi connectivity index (χ0v) is 11.0. The van der Waals surface area contributed by atoms with E-state index in [1.165, 1.54) is 0 Å². The van der Waals surface area contributed by atoms with E-state index in [0.717, 1.165) is 17.3 Å². The highest BCUT2D eigenvalue weighted by atomic mass is 79.9. The lowest BCUT2D eigenvalue weighted by atomic mass is 9.98. The number of hydrogen-bond acceptors (Lipinski definition) is 3. The van der Waals surface area contributed by atoms with Crippen LogP contribution in [0.1, 0.15) is 24.4 Å². The van der Waals surface area contributed by atoms with Gasteiger partial charge in [-0.05, 0) is 30.9 Å². The minimum atomic E-state index is -0.544. The van der Waals surface area contributed by atoms with Crippen LogP contribution in [0.2, 0.25) is 0 Å². The third kappa shape index (κ3) is 2.88. The molecular formula is C11H15BrClNO2. The molecule has 1 aliphatic rings. The number of benzene rings is 1. The summed E-state index contributed by atoms with van der Waals surface area (Å²) < 4.78 is 0.803. The Balaban J connectivity index is 0.00000128. The predicted octanol–water partition coefficient (Wildman–Crippen LogP) is 2.35.